The van der Waals surface area contributed by atoms with Crippen molar-refractivity contribution in [2.75, 3.05) is 18.2 Å². The SMILES string of the molecule is COc1ccccc1NC(=O)CSc1nc(COC(C)C)cc(=O)[nH]1. The van der Waals surface area contributed by atoms with Crippen molar-refractivity contribution in [3.63, 3.8) is 0 Å². The fourth-order valence-electron chi connectivity index (χ4n) is 1.95. The Hall–Kier alpha value is -2.32. The molecule has 0 atom stereocenters. The Labute approximate surface area is 150 Å². The Kier molecular flexibility index (Phi) is 7.03. The third-order valence-electron chi connectivity index (χ3n) is 3.06. The zero-order chi connectivity index (χ0) is 18.2. The number of benzene rings is 1. The first-order chi connectivity index (χ1) is 12.0. The lowest BCUT2D eigenvalue weighted by molar-refractivity contribution is -0.113. The Bertz CT molecular complexity index is 776. The fourth-order valence-corrected chi connectivity index (χ4v) is 2.64. The summed E-state index contributed by atoms with van der Waals surface area (Å²) in [5, 5.41) is 3.15. The Balaban J connectivity index is 1.96. The van der Waals surface area contributed by atoms with E-state index >= 15 is 0 Å². The Morgan fingerprint density at radius 2 is 2.12 bits per heavy atom. The van der Waals surface area contributed by atoms with Crippen LogP contribution in [0.3, 0.4) is 0 Å². The average molecular weight is 363 g/mol. The van der Waals surface area contributed by atoms with Gasteiger partial charge in [-0.3, -0.25) is 9.59 Å². The van der Waals surface area contributed by atoms with Gasteiger partial charge in [0.1, 0.15) is 5.75 Å². The van der Waals surface area contributed by atoms with Gasteiger partial charge in [-0.1, -0.05) is 23.9 Å². The van der Waals surface area contributed by atoms with Crippen LogP contribution in [0.1, 0.15) is 19.5 Å². The lowest BCUT2D eigenvalue weighted by Crippen LogP contribution is -2.16. The first kappa shape index (κ1) is 19.0. The van der Waals surface area contributed by atoms with E-state index in [0.29, 0.717) is 22.3 Å². The van der Waals surface area contributed by atoms with Crippen LogP contribution in [0, 0.1) is 0 Å². The molecule has 7 nitrogen and oxygen atoms in total. The Morgan fingerprint density at radius 3 is 2.84 bits per heavy atom. The molecule has 8 heteroatoms. The molecule has 1 heterocycles. The maximum atomic E-state index is 12.1. The third kappa shape index (κ3) is 6.24. The largest absolute Gasteiger partial charge is 0.495 e. The predicted octanol–water partition coefficient (Wildman–Crippen LogP) is 2.43. The van der Waals surface area contributed by atoms with E-state index in [1.807, 2.05) is 26.0 Å². The molecule has 1 aromatic carbocycles. The lowest BCUT2D eigenvalue weighted by Gasteiger charge is -2.10. The summed E-state index contributed by atoms with van der Waals surface area (Å²) in [5.74, 6) is 0.469. The lowest BCUT2D eigenvalue weighted by atomic mass is 10.3. The van der Waals surface area contributed by atoms with E-state index in [0.717, 1.165) is 11.8 Å². The standard InChI is InChI=1S/C17H21N3O4S/c1-11(2)24-9-12-8-15(21)20-17(18-12)25-10-16(22)19-13-6-4-5-7-14(13)23-3/h4-8,11H,9-10H2,1-3H3,(H,19,22)(H,18,20,21). The zero-order valence-electron chi connectivity index (χ0n) is 14.4. The molecule has 0 aliphatic rings. The van der Waals surface area contributed by atoms with Crippen molar-refractivity contribution in [1.29, 1.82) is 0 Å². The molecule has 0 saturated carbocycles. The summed E-state index contributed by atoms with van der Waals surface area (Å²) in [4.78, 5) is 30.7. The number of thioether (sulfide) groups is 1. The van der Waals surface area contributed by atoms with Crippen LogP contribution in [-0.4, -0.2) is 34.8 Å². The number of H-pyrrole nitrogens is 1. The van der Waals surface area contributed by atoms with E-state index in [4.69, 9.17) is 9.47 Å². The number of hydrogen-bond donors (Lipinski definition) is 2. The van der Waals surface area contributed by atoms with Gasteiger partial charge in [-0.15, -0.1) is 0 Å². The second kappa shape index (κ2) is 9.24. The van der Waals surface area contributed by atoms with E-state index in [1.54, 1.807) is 19.2 Å². The van der Waals surface area contributed by atoms with Crippen molar-refractivity contribution in [2.24, 2.45) is 0 Å². The second-order valence-electron chi connectivity index (χ2n) is 5.44. The van der Waals surface area contributed by atoms with Gasteiger partial charge in [0.05, 0.1) is 37.0 Å². The molecule has 0 saturated heterocycles. The molecule has 0 aliphatic heterocycles. The van der Waals surface area contributed by atoms with Gasteiger partial charge in [-0.2, -0.15) is 0 Å². The van der Waals surface area contributed by atoms with E-state index in [9.17, 15) is 9.59 Å². The van der Waals surface area contributed by atoms with Gasteiger partial charge >= 0.3 is 0 Å². The average Bonchev–Trinajstić information content (AvgIpc) is 2.58. The normalized spacial score (nSPS) is 10.7. The molecule has 134 valence electrons. The summed E-state index contributed by atoms with van der Waals surface area (Å²) in [7, 11) is 1.54. The number of para-hydroxylation sites is 2. The monoisotopic (exact) mass is 363 g/mol. The predicted molar refractivity (Wildman–Crippen MR) is 97.1 cm³/mol. The van der Waals surface area contributed by atoms with Crippen LogP contribution in [0.15, 0.2) is 40.3 Å². The number of anilines is 1. The smallest absolute Gasteiger partial charge is 0.251 e. The maximum absolute atomic E-state index is 12.1. The van der Waals surface area contributed by atoms with Crippen molar-refractivity contribution in [1.82, 2.24) is 9.97 Å². The van der Waals surface area contributed by atoms with Crippen LogP contribution in [0.4, 0.5) is 5.69 Å². The van der Waals surface area contributed by atoms with Crippen molar-refractivity contribution in [2.45, 2.75) is 31.7 Å². The van der Waals surface area contributed by atoms with Crippen LogP contribution in [0.2, 0.25) is 0 Å². The van der Waals surface area contributed by atoms with Crippen molar-refractivity contribution < 1.29 is 14.3 Å². The molecule has 0 bridgehead atoms. The van der Waals surface area contributed by atoms with E-state index in [1.165, 1.54) is 6.07 Å². The van der Waals surface area contributed by atoms with Gasteiger partial charge in [0.2, 0.25) is 5.91 Å². The van der Waals surface area contributed by atoms with Crippen molar-refractivity contribution in [3.05, 3.63) is 46.4 Å². The van der Waals surface area contributed by atoms with Crippen LogP contribution in [-0.2, 0) is 16.1 Å². The number of aromatic nitrogens is 2. The molecule has 0 fully saturated rings. The summed E-state index contributed by atoms with van der Waals surface area (Å²) >= 11 is 1.15. The summed E-state index contributed by atoms with van der Waals surface area (Å²) < 4.78 is 10.6. The van der Waals surface area contributed by atoms with Crippen LogP contribution in [0.5, 0.6) is 5.75 Å². The van der Waals surface area contributed by atoms with Crippen LogP contribution >= 0.6 is 11.8 Å². The highest BCUT2D eigenvalue weighted by Crippen LogP contribution is 2.23. The number of ether oxygens (including phenoxy) is 2. The van der Waals surface area contributed by atoms with E-state index < -0.39 is 0 Å². The molecule has 2 rings (SSSR count). The minimum atomic E-state index is -0.273. The molecule has 1 aromatic heterocycles. The topological polar surface area (TPSA) is 93.3 Å². The second-order valence-corrected chi connectivity index (χ2v) is 6.40. The first-order valence-corrected chi connectivity index (χ1v) is 8.74. The minimum absolute atomic E-state index is 0.0452. The highest BCUT2D eigenvalue weighted by molar-refractivity contribution is 7.99. The van der Waals surface area contributed by atoms with E-state index in [-0.39, 0.29) is 29.9 Å². The molecule has 25 heavy (non-hydrogen) atoms. The van der Waals surface area contributed by atoms with E-state index in [2.05, 4.69) is 15.3 Å². The van der Waals surface area contributed by atoms with Crippen LogP contribution < -0.4 is 15.6 Å². The van der Waals surface area contributed by atoms with Gasteiger partial charge in [0, 0.05) is 6.07 Å². The van der Waals surface area contributed by atoms with Gasteiger partial charge in [0.15, 0.2) is 5.16 Å². The quantitative estimate of drug-likeness (QED) is 0.553. The molecule has 2 aromatic rings. The molecule has 0 spiro atoms. The number of carbonyl (C=O) groups is 1. The molecule has 0 unspecified atom stereocenters. The highest BCUT2D eigenvalue weighted by Gasteiger charge is 2.09. The molecule has 0 aliphatic carbocycles. The highest BCUT2D eigenvalue weighted by atomic mass is 32.2. The molecule has 2 N–H and O–H groups in total. The zero-order valence-corrected chi connectivity index (χ0v) is 15.2. The van der Waals surface area contributed by atoms with Crippen molar-refractivity contribution in [3.8, 4) is 5.75 Å². The minimum Gasteiger partial charge on any atom is -0.495 e. The van der Waals surface area contributed by atoms with Crippen molar-refractivity contribution >= 4 is 23.4 Å². The van der Waals surface area contributed by atoms with Crippen LogP contribution in [0.25, 0.3) is 0 Å². The molecular weight excluding hydrogens is 342 g/mol. The number of aromatic amines is 1. The summed E-state index contributed by atoms with van der Waals surface area (Å²) in [6, 6.07) is 8.54. The third-order valence-corrected chi connectivity index (χ3v) is 3.93. The molecule has 0 radical (unpaired) electrons. The summed E-state index contributed by atoms with van der Waals surface area (Å²) in [5.41, 5.74) is 0.853. The van der Waals surface area contributed by atoms with Gasteiger partial charge in [-0.25, -0.2) is 4.98 Å². The Morgan fingerprint density at radius 1 is 1.36 bits per heavy atom. The summed E-state index contributed by atoms with van der Waals surface area (Å²) in [6.07, 6.45) is 0.0452. The number of amides is 1. The molecule has 1 amide bonds. The number of carbonyl (C=O) groups excluding carboxylic acids is 1. The number of nitrogens with one attached hydrogen (secondary N) is 2. The fraction of sp³-hybridized carbons (Fsp3) is 0.353. The first-order valence-electron chi connectivity index (χ1n) is 7.75. The number of nitrogens with zero attached hydrogens (tertiary/aromatic N) is 1. The molecular formula is C17H21N3O4S. The number of hydrogen-bond acceptors (Lipinski definition) is 6. The van der Waals surface area contributed by atoms with Gasteiger partial charge < -0.3 is 19.8 Å². The number of methoxy groups -OCH3 is 1. The van der Waals surface area contributed by atoms with Gasteiger partial charge in [0.25, 0.3) is 5.56 Å². The summed E-state index contributed by atoms with van der Waals surface area (Å²) in [6.45, 7) is 4.07. The number of rotatable bonds is 8. The van der Waals surface area contributed by atoms with Gasteiger partial charge in [-0.05, 0) is 26.0 Å². The maximum Gasteiger partial charge on any atom is 0.251 e.